The van der Waals surface area contributed by atoms with Gasteiger partial charge in [-0.05, 0) is 68.0 Å². The smallest absolute Gasteiger partial charge is 0.243 e. The topological polar surface area (TPSA) is 63.7 Å². The molecule has 1 aliphatic heterocycles. The van der Waals surface area contributed by atoms with Crippen LogP contribution in [-0.2, 0) is 21.2 Å². The van der Waals surface area contributed by atoms with Crippen molar-refractivity contribution in [1.82, 2.24) is 4.31 Å². The zero-order valence-corrected chi connectivity index (χ0v) is 18.2. The first-order chi connectivity index (χ1) is 13.8. The van der Waals surface area contributed by atoms with E-state index in [0.717, 1.165) is 22.4 Å². The van der Waals surface area contributed by atoms with E-state index in [1.807, 2.05) is 44.2 Å². The van der Waals surface area contributed by atoms with E-state index < -0.39 is 10.0 Å². The van der Waals surface area contributed by atoms with Gasteiger partial charge in [-0.3, -0.25) is 4.79 Å². The van der Waals surface area contributed by atoms with E-state index in [-0.39, 0.29) is 11.7 Å². The molecular formula is C23H29NO4S. The number of nitrogens with zero attached hydrogens (tertiary/aromatic N) is 1. The quantitative estimate of drug-likeness (QED) is 0.688. The molecule has 1 aliphatic rings. The second-order valence-corrected chi connectivity index (χ2v) is 9.72. The van der Waals surface area contributed by atoms with E-state index in [0.29, 0.717) is 43.7 Å². The van der Waals surface area contributed by atoms with E-state index in [2.05, 4.69) is 0 Å². The first-order valence-electron chi connectivity index (χ1n) is 10.0. The molecular weight excluding hydrogens is 386 g/mol. The van der Waals surface area contributed by atoms with Crippen molar-refractivity contribution >= 4 is 15.8 Å². The molecule has 0 unspecified atom stereocenters. The summed E-state index contributed by atoms with van der Waals surface area (Å²) in [6, 6.07) is 13.1. The van der Waals surface area contributed by atoms with E-state index in [1.165, 1.54) is 4.31 Å². The van der Waals surface area contributed by atoms with Crippen molar-refractivity contribution in [2.45, 2.75) is 44.4 Å². The Morgan fingerprint density at radius 2 is 1.69 bits per heavy atom. The summed E-state index contributed by atoms with van der Waals surface area (Å²) in [5.41, 5.74) is 2.90. The molecule has 1 saturated heterocycles. The summed E-state index contributed by atoms with van der Waals surface area (Å²) in [5.74, 6) is 0.935. The van der Waals surface area contributed by atoms with Gasteiger partial charge in [0.05, 0.1) is 12.0 Å². The fraction of sp³-hybridized carbons (Fsp3) is 0.435. The average molecular weight is 416 g/mol. The number of Topliss-reactive ketones (excluding diaryl/α,β-unsaturated/α-hetero) is 1. The Morgan fingerprint density at radius 3 is 2.31 bits per heavy atom. The Kier molecular flexibility index (Phi) is 6.75. The van der Waals surface area contributed by atoms with Gasteiger partial charge in [0.2, 0.25) is 10.0 Å². The molecule has 156 valence electrons. The van der Waals surface area contributed by atoms with Gasteiger partial charge in [0.25, 0.3) is 0 Å². The SMILES string of the molecule is COc1ccccc1CCC(=O)C1CCN(S(=O)(=O)c2cc(C)cc(C)c2)CC1. The zero-order chi connectivity index (χ0) is 21.0. The highest BCUT2D eigenvalue weighted by Crippen LogP contribution is 2.27. The number of carbonyl (C=O) groups excluding carboxylic acids is 1. The van der Waals surface area contributed by atoms with Crippen LogP contribution in [0, 0.1) is 19.8 Å². The number of sulfonamides is 1. The van der Waals surface area contributed by atoms with Gasteiger partial charge in [-0.15, -0.1) is 0 Å². The number of ether oxygens (including phenoxy) is 1. The summed E-state index contributed by atoms with van der Waals surface area (Å²) < 4.78 is 32.8. The molecule has 0 spiro atoms. The molecule has 0 bridgehead atoms. The number of aryl methyl sites for hydroxylation is 3. The maximum atomic E-state index is 13.0. The first kappa shape index (κ1) is 21.5. The molecule has 0 saturated carbocycles. The number of rotatable bonds is 7. The highest BCUT2D eigenvalue weighted by atomic mass is 32.2. The average Bonchev–Trinajstić information content (AvgIpc) is 2.71. The van der Waals surface area contributed by atoms with Crippen molar-refractivity contribution in [1.29, 1.82) is 0 Å². The van der Waals surface area contributed by atoms with E-state index in [9.17, 15) is 13.2 Å². The first-order valence-corrected chi connectivity index (χ1v) is 11.5. The summed E-state index contributed by atoms with van der Waals surface area (Å²) in [5, 5.41) is 0. The second-order valence-electron chi connectivity index (χ2n) is 7.78. The van der Waals surface area contributed by atoms with Crippen LogP contribution in [0.4, 0.5) is 0 Å². The monoisotopic (exact) mass is 415 g/mol. The van der Waals surface area contributed by atoms with Gasteiger partial charge in [-0.25, -0.2) is 8.42 Å². The summed E-state index contributed by atoms with van der Waals surface area (Å²) in [4.78, 5) is 13.0. The van der Waals surface area contributed by atoms with Crippen LogP contribution in [0.2, 0.25) is 0 Å². The number of benzene rings is 2. The molecule has 5 nitrogen and oxygen atoms in total. The minimum Gasteiger partial charge on any atom is -0.496 e. The lowest BCUT2D eigenvalue weighted by atomic mass is 9.90. The standard InChI is InChI=1S/C23H29NO4S/c1-17-14-18(2)16-21(15-17)29(26,27)24-12-10-19(11-13-24)22(25)9-8-20-6-4-5-7-23(20)28-3/h4-7,14-16,19H,8-13H2,1-3H3. The summed E-state index contributed by atoms with van der Waals surface area (Å²) in [7, 11) is -1.88. The Labute approximate surface area is 173 Å². The van der Waals surface area contributed by atoms with E-state index >= 15 is 0 Å². The normalized spacial score (nSPS) is 16.0. The molecule has 1 fully saturated rings. The fourth-order valence-electron chi connectivity index (χ4n) is 4.02. The molecule has 0 atom stereocenters. The highest BCUT2D eigenvalue weighted by Gasteiger charge is 2.32. The largest absolute Gasteiger partial charge is 0.496 e. The number of ketones is 1. The molecule has 3 rings (SSSR count). The number of piperidine rings is 1. The maximum Gasteiger partial charge on any atom is 0.243 e. The Bertz CT molecular complexity index is 956. The van der Waals surface area contributed by atoms with Crippen LogP contribution in [0.1, 0.15) is 36.0 Å². The molecule has 0 radical (unpaired) electrons. The molecule has 2 aromatic carbocycles. The third-order valence-corrected chi connectivity index (χ3v) is 7.45. The van der Waals surface area contributed by atoms with Gasteiger partial charge in [0, 0.05) is 25.4 Å². The Morgan fingerprint density at radius 1 is 1.07 bits per heavy atom. The predicted molar refractivity (Wildman–Crippen MR) is 114 cm³/mol. The van der Waals surface area contributed by atoms with Crippen LogP contribution in [-0.4, -0.2) is 38.7 Å². The predicted octanol–water partition coefficient (Wildman–Crippen LogP) is 3.91. The van der Waals surface area contributed by atoms with Gasteiger partial charge < -0.3 is 4.74 Å². The summed E-state index contributed by atoms with van der Waals surface area (Å²) in [6.45, 7) is 4.58. The van der Waals surface area contributed by atoms with Crippen LogP contribution in [0.5, 0.6) is 5.75 Å². The zero-order valence-electron chi connectivity index (χ0n) is 17.3. The maximum absolute atomic E-state index is 13.0. The molecule has 0 amide bonds. The van der Waals surface area contributed by atoms with Gasteiger partial charge in [-0.2, -0.15) is 4.31 Å². The van der Waals surface area contributed by atoms with Crippen LogP contribution in [0.25, 0.3) is 0 Å². The van der Waals surface area contributed by atoms with Crippen LogP contribution >= 0.6 is 0 Å². The minimum absolute atomic E-state index is 0.0737. The molecule has 1 heterocycles. The lowest BCUT2D eigenvalue weighted by Gasteiger charge is -2.30. The van der Waals surface area contributed by atoms with Crippen LogP contribution in [0.3, 0.4) is 0 Å². The van der Waals surface area contributed by atoms with Gasteiger partial charge in [-0.1, -0.05) is 24.3 Å². The lowest BCUT2D eigenvalue weighted by molar-refractivity contribution is -0.123. The van der Waals surface area contributed by atoms with Crippen molar-refractivity contribution in [2.75, 3.05) is 20.2 Å². The second kappa shape index (κ2) is 9.09. The Balaban J connectivity index is 1.59. The fourth-order valence-corrected chi connectivity index (χ4v) is 5.68. The minimum atomic E-state index is -3.51. The molecule has 29 heavy (non-hydrogen) atoms. The third kappa shape index (κ3) is 5.06. The molecule has 6 heteroatoms. The lowest BCUT2D eigenvalue weighted by Crippen LogP contribution is -2.40. The highest BCUT2D eigenvalue weighted by molar-refractivity contribution is 7.89. The number of hydrogen-bond acceptors (Lipinski definition) is 4. The Hall–Kier alpha value is -2.18. The summed E-state index contributed by atoms with van der Waals surface area (Å²) in [6.07, 6.45) is 2.25. The van der Waals surface area contributed by atoms with Gasteiger partial charge >= 0.3 is 0 Å². The van der Waals surface area contributed by atoms with Crippen molar-refractivity contribution in [3.8, 4) is 5.75 Å². The van der Waals surface area contributed by atoms with Gasteiger partial charge in [0.15, 0.2) is 0 Å². The molecule has 0 N–H and O–H groups in total. The molecule has 0 aromatic heterocycles. The number of carbonyl (C=O) groups is 1. The van der Waals surface area contributed by atoms with Crippen LogP contribution < -0.4 is 4.74 Å². The van der Waals surface area contributed by atoms with Crippen molar-refractivity contribution in [3.63, 3.8) is 0 Å². The third-order valence-electron chi connectivity index (χ3n) is 5.58. The van der Waals surface area contributed by atoms with Crippen molar-refractivity contribution < 1.29 is 17.9 Å². The van der Waals surface area contributed by atoms with Crippen LogP contribution in [0.15, 0.2) is 47.4 Å². The molecule has 2 aromatic rings. The van der Waals surface area contributed by atoms with Crippen molar-refractivity contribution in [3.05, 3.63) is 59.2 Å². The van der Waals surface area contributed by atoms with Gasteiger partial charge in [0.1, 0.15) is 11.5 Å². The number of hydrogen-bond donors (Lipinski definition) is 0. The number of para-hydroxylation sites is 1. The number of methoxy groups -OCH3 is 1. The van der Waals surface area contributed by atoms with Crippen molar-refractivity contribution in [2.24, 2.45) is 5.92 Å². The van der Waals surface area contributed by atoms with E-state index in [1.54, 1.807) is 19.2 Å². The molecule has 0 aliphatic carbocycles. The van der Waals surface area contributed by atoms with E-state index in [4.69, 9.17) is 4.74 Å². The summed E-state index contributed by atoms with van der Waals surface area (Å²) >= 11 is 0.